The Bertz CT molecular complexity index is 940. The van der Waals surface area contributed by atoms with E-state index in [1.54, 1.807) is 24.4 Å². The number of likely N-dealkylation sites (tertiary alicyclic amines) is 1. The number of benzene rings is 1. The van der Waals surface area contributed by atoms with Crippen molar-refractivity contribution in [2.24, 2.45) is 0 Å². The fourth-order valence-corrected chi connectivity index (χ4v) is 3.63. The third-order valence-electron chi connectivity index (χ3n) is 5.00. The van der Waals surface area contributed by atoms with Gasteiger partial charge in [-0.15, -0.1) is 0 Å². The zero-order chi connectivity index (χ0) is 18.6. The quantitative estimate of drug-likeness (QED) is 0.551. The van der Waals surface area contributed by atoms with E-state index in [0.29, 0.717) is 16.6 Å². The summed E-state index contributed by atoms with van der Waals surface area (Å²) in [6.07, 6.45) is 5.35. The van der Waals surface area contributed by atoms with E-state index < -0.39 is 0 Å². The van der Waals surface area contributed by atoms with Gasteiger partial charge in [-0.25, -0.2) is 0 Å². The van der Waals surface area contributed by atoms with E-state index in [-0.39, 0.29) is 16.7 Å². The lowest BCUT2D eigenvalue weighted by Gasteiger charge is -2.32. The minimum atomic E-state index is -0.317. The van der Waals surface area contributed by atoms with E-state index in [9.17, 15) is 10.1 Å². The molecule has 0 aliphatic carbocycles. The minimum absolute atomic E-state index is 0.108. The van der Waals surface area contributed by atoms with Crippen molar-refractivity contribution in [1.82, 2.24) is 14.9 Å². The van der Waals surface area contributed by atoms with Crippen LogP contribution in [0.4, 0.5) is 11.4 Å². The van der Waals surface area contributed by atoms with Crippen LogP contribution >= 0.6 is 0 Å². The van der Waals surface area contributed by atoms with Gasteiger partial charge in [-0.3, -0.25) is 25.0 Å². The van der Waals surface area contributed by atoms with Gasteiger partial charge in [0, 0.05) is 38.1 Å². The average molecular weight is 363 g/mol. The fraction of sp³-hybridized carbons (Fsp3) is 0.300. The monoisotopic (exact) mass is 363 g/mol. The maximum absolute atomic E-state index is 11.7. The first-order valence-corrected chi connectivity index (χ1v) is 9.11. The molecule has 0 bridgehead atoms. The van der Waals surface area contributed by atoms with E-state index in [1.807, 2.05) is 30.5 Å². The average Bonchev–Trinajstić information content (AvgIpc) is 2.70. The molecular weight excluding hydrogens is 342 g/mol. The molecule has 1 aliphatic heterocycles. The molecule has 7 nitrogen and oxygen atoms in total. The molecule has 138 valence electrons. The van der Waals surface area contributed by atoms with Crippen molar-refractivity contribution in [1.29, 1.82) is 0 Å². The predicted octanol–water partition coefficient (Wildman–Crippen LogP) is 3.61. The Balaban J connectivity index is 1.45. The van der Waals surface area contributed by atoms with Crippen molar-refractivity contribution < 1.29 is 4.92 Å². The summed E-state index contributed by atoms with van der Waals surface area (Å²) in [5, 5.41) is 15.6. The van der Waals surface area contributed by atoms with E-state index in [1.165, 1.54) is 0 Å². The van der Waals surface area contributed by atoms with Crippen molar-refractivity contribution in [3.05, 3.63) is 70.7 Å². The highest BCUT2D eigenvalue weighted by Crippen LogP contribution is 2.33. The van der Waals surface area contributed by atoms with Gasteiger partial charge in [-0.05, 0) is 49.2 Å². The van der Waals surface area contributed by atoms with Crippen LogP contribution in [-0.4, -0.2) is 38.9 Å². The molecule has 3 aromatic rings. The Morgan fingerprint density at radius 1 is 1.07 bits per heavy atom. The van der Waals surface area contributed by atoms with Crippen molar-refractivity contribution in [2.45, 2.75) is 25.4 Å². The van der Waals surface area contributed by atoms with Gasteiger partial charge in [0.15, 0.2) is 0 Å². The molecule has 0 spiro atoms. The molecule has 0 atom stereocenters. The van der Waals surface area contributed by atoms with Gasteiger partial charge in [0.25, 0.3) is 0 Å². The number of nitrogens with zero attached hydrogens (tertiary/aromatic N) is 4. The van der Waals surface area contributed by atoms with Crippen molar-refractivity contribution in [3.8, 4) is 0 Å². The van der Waals surface area contributed by atoms with Gasteiger partial charge in [-0.1, -0.05) is 6.07 Å². The normalized spacial score (nSPS) is 15.7. The summed E-state index contributed by atoms with van der Waals surface area (Å²) in [6.45, 7) is 2.73. The van der Waals surface area contributed by atoms with E-state index in [0.717, 1.165) is 38.2 Å². The van der Waals surface area contributed by atoms with Crippen LogP contribution in [0.5, 0.6) is 0 Å². The Hall–Kier alpha value is -3.06. The molecule has 1 N–H and O–H groups in total. The zero-order valence-corrected chi connectivity index (χ0v) is 14.9. The topological polar surface area (TPSA) is 84.2 Å². The summed E-state index contributed by atoms with van der Waals surface area (Å²) in [5.74, 6) is 0. The molecule has 1 saturated heterocycles. The number of pyridine rings is 2. The second-order valence-electron chi connectivity index (χ2n) is 6.80. The lowest BCUT2D eigenvalue weighted by Crippen LogP contribution is -2.38. The van der Waals surface area contributed by atoms with Crippen LogP contribution in [0.15, 0.2) is 54.9 Å². The molecule has 7 heteroatoms. The molecule has 3 heterocycles. The Kier molecular flexibility index (Phi) is 4.93. The van der Waals surface area contributed by atoms with Gasteiger partial charge in [-0.2, -0.15) is 0 Å². The summed E-state index contributed by atoms with van der Waals surface area (Å²) in [7, 11) is 0. The molecule has 0 radical (unpaired) electrons. The standard InChI is InChI=1S/C20H21N5O2/c26-25(27)20-17-5-3-11-22-18(17)6-7-19(20)23-15-8-12-24(13-9-15)14-16-4-1-2-10-21-16/h1-7,10-11,15,23H,8-9,12-14H2. The first-order valence-electron chi connectivity index (χ1n) is 9.11. The molecule has 0 amide bonds. The van der Waals surface area contributed by atoms with Crippen LogP contribution in [0.1, 0.15) is 18.5 Å². The molecule has 1 aromatic carbocycles. The zero-order valence-electron chi connectivity index (χ0n) is 14.9. The predicted molar refractivity (Wildman–Crippen MR) is 105 cm³/mol. The maximum Gasteiger partial charge on any atom is 0.301 e. The van der Waals surface area contributed by atoms with E-state index in [2.05, 4.69) is 20.2 Å². The number of hydrogen-bond acceptors (Lipinski definition) is 6. The highest BCUT2D eigenvalue weighted by molar-refractivity contribution is 5.94. The number of piperidine rings is 1. The number of nitrogens with one attached hydrogen (secondary N) is 1. The number of nitro groups is 1. The summed E-state index contributed by atoms with van der Waals surface area (Å²) in [5.41, 5.74) is 2.39. The first-order chi connectivity index (χ1) is 13.2. The Labute approximate surface area is 157 Å². The van der Waals surface area contributed by atoms with Gasteiger partial charge < -0.3 is 5.32 Å². The smallest absolute Gasteiger partial charge is 0.301 e. The summed E-state index contributed by atoms with van der Waals surface area (Å²) >= 11 is 0. The van der Waals surface area contributed by atoms with Crippen LogP contribution in [0.3, 0.4) is 0 Å². The summed E-state index contributed by atoms with van der Waals surface area (Å²) < 4.78 is 0. The first kappa shape index (κ1) is 17.4. The SMILES string of the molecule is O=[N+]([O-])c1c(NC2CCN(Cc3ccccn3)CC2)ccc2ncccc12. The highest BCUT2D eigenvalue weighted by atomic mass is 16.6. The minimum Gasteiger partial charge on any atom is -0.377 e. The van der Waals surface area contributed by atoms with Crippen molar-refractivity contribution >= 4 is 22.3 Å². The van der Waals surface area contributed by atoms with Gasteiger partial charge in [0.1, 0.15) is 5.69 Å². The molecule has 0 saturated carbocycles. The number of anilines is 1. The fourth-order valence-electron chi connectivity index (χ4n) is 3.63. The molecule has 4 rings (SSSR count). The molecular formula is C20H21N5O2. The highest BCUT2D eigenvalue weighted by Gasteiger charge is 2.24. The summed E-state index contributed by atoms with van der Waals surface area (Å²) in [6, 6.07) is 13.3. The van der Waals surface area contributed by atoms with Crippen LogP contribution < -0.4 is 5.32 Å². The van der Waals surface area contributed by atoms with Crippen LogP contribution in [0.25, 0.3) is 10.9 Å². The molecule has 1 fully saturated rings. The third-order valence-corrected chi connectivity index (χ3v) is 5.00. The second kappa shape index (κ2) is 7.67. The number of fused-ring (bicyclic) bond motifs is 1. The van der Waals surface area contributed by atoms with Gasteiger partial charge in [0.05, 0.1) is 21.5 Å². The third kappa shape index (κ3) is 3.88. The lowest BCUT2D eigenvalue weighted by atomic mass is 10.0. The largest absolute Gasteiger partial charge is 0.377 e. The molecule has 1 aliphatic rings. The number of rotatable bonds is 5. The van der Waals surface area contributed by atoms with E-state index >= 15 is 0 Å². The molecule has 27 heavy (non-hydrogen) atoms. The van der Waals surface area contributed by atoms with Crippen LogP contribution in [0.2, 0.25) is 0 Å². The summed E-state index contributed by atoms with van der Waals surface area (Å²) in [4.78, 5) is 22.3. The van der Waals surface area contributed by atoms with Crippen molar-refractivity contribution in [3.63, 3.8) is 0 Å². The van der Waals surface area contributed by atoms with Crippen LogP contribution in [-0.2, 0) is 6.54 Å². The van der Waals surface area contributed by atoms with Gasteiger partial charge >= 0.3 is 5.69 Å². The Morgan fingerprint density at radius 2 is 1.89 bits per heavy atom. The Morgan fingerprint density at radius 3 is 2.63 bits per heavy atom. The lowest BCUT2D eigenvalue weighted by molar-refractivity contribution is -0.382. The van der Waals surface area contributed by atoms with E-state index in [4.69, 9.17) is 0 Å². The maximum atomic E-state index is 11.7. The van der Waals surface area contributed by atoms with Crippen LogP contribution in [0, 0.1) is 10.1 Å². The second-order valence-corrected chi connectivity index (χ2v) is 6.80. The van der Waals surface area contributed by atoms with Crippen molar-refractivity contribution in [2.75, 3.05) is 18.4 Å². The number of nitro benzene ring substituents is 1. The van der Waals surface area contributed by atoms with Gasteiger partial charge in [0.2, 0.25) is 0 Å². The number of aromatic nitrogens is 2. The number of hydrogen-bond donors (Lipinski definition) is 1. The molecule has 2 aromatic heterocycles. The molecule has 0 unspecified atom stereocenters.